The van der Waals surface area contributed by atoms with Gasteiger partial charge in [-0.3, -0.25) is 0 Å². The summed E-state index contributed by atoms with van der Waals surface area (Å²) < 4.78 is 37.1. The Morgan fingerprint density at radius 2 is 1.79 bits per heavy atom. The highest BCUT2D eigenvalue weighted by Gasteiger charge is 2.54. The monoisotopic (exact) mass is 208 g/mol. The maximum absolute atomic E-state index is 12.4. The molecule has 0 aromatic carbocycles. The van der Waals surface area contributed by atoms with E-state index < -0.39 is 11.8 Å². The van der Waals surface area contributed by atoms with Crippen LogP contribution in [0.2, 0.25) is 0 Å². The van der Waals surface area contributed by atoms with Gasteiger partial charge in [-0.05, 0) is 38.5 Å². The van der Waals surface area contributed by atoms with Gasteiger partial charge in [0.05, 0.1) is 0 Å². The molecule has 0 unspecified atom stereocenters. The van der Waals surface area contributed by atoms with Crippen molar-refractivity contribution < 1.29 is 18.3 Å². The molecule has 1 N–H and O–H groups in total. The van der Waals surface area contributed by atoms with Crippen molar-refractivity contribution in [3.8, 4) is 0 Å². The highest BCUT2D eigenvalue weighted by atomic mass is 19.4. The molecule has 82 valence electrons. The fraction of sp³-hybridized carbons (Fsp3) is 0.800. The van der Waals surface area contributed by atoms with E-state index in [1.807, 2.05) is 19.1 Å². The Bertz CT molecular complexity index is 212. The van der Waals surface area contributed by atoms with Crippen LogP contribution in [0.4, 0.5) is 13.2 Å². The first-order chi connectivity index (χ1) is 6.39. The number of aliphatic hydroxyl groups is 1. The van der Waals surface area contributed by atoms with Gasteiger partial charge in [-0.25, -0.2) is 0 Å². The first-order valence-corrected chi connectivity index (χ1v) is 4.81. The van der Waals surface area contributed by atoms with Gasteiger partial charge in [-0.2, -0.15) is 13.2 Å². The summed E-state index contributed by atoms with van der Waals surface area (Å²) in [6.45, 7) is 1.85. The van der Waals surface area contributed by atoms with Gasteiger partial charge in [0.2, 0.25) is 0 Å². The number of hydrogen-bond donors (Lipinski definition) is 1. The van der Waals surface area contributed by atoms with Crippen LogP contribution in [0.5, 0.6) is 0 Å². The summed E-state index contributed by atoms with van der Waals surface area (Å²) in [6.07, 6.45) is -0.232. The molecule has 0 atom stereocenters. The molecule has 0 saturated heterocycles. The van der Waals surface area contributed by atoms with Crippen LogP contribution in [0.15, 0.2) is 12.2 Å². The number of halogens is 3. The molecule has 1 saturated carbocycles. The van der Waals surface area contributed by atoms with Gasteiger partial charge >= 0.3 is 6.18 Å². The van der Waals surface area contributed by atoms with E-state index in [-0.39, 0.29) is 18.8 Å². The SMILES string of the molecule is C/C=C/C1CCC(O)(C(F)(F)F)CC1. The molecule has 0 radical (unpaired) electrons. The Morgan fingerprint density at radius 1 is 1.29 bits per heavy atom. The van der Waals surface area contributed by atoms with Crippen molar-refractivity contribution >= 4 is 0 Å². The van der Waals surface area contributed by atoms with Crippen molar-refractivity contribution in [1.29, 1.82) is 0 Å². The lowest BCUT2D eigenvalue weighted by atomic mass is 9.78. The molecule has 0 aromatic rings. The zero-order chi connectivity index (χ0) is 10.8. The number of alkyl halides is 3. The first kappa shape index (κ1) is 11.6. The van der Waals surface area contributed by atoms with E-state index >= 15 is 0 Å². The lowest BCUT2D eigenvalue weighted by molar-refractivity contribution is -0.271. The van der Waals surface area contributed by atoms with E-state index in [0.29, 0.717) is 12.8 Å². The highest BCUT2D eigenvalue weighted by molar-refractivity contribution is 4.96. The molecule has 0 aromatic heterocycles. The molecule has 0 bridgehead atoms. The van der Waals surface area contributed by atoms with E-state index in [1.54, 1.807) is 0 Å². The fourth-order valence-corrected chi connectivity index (χ4v) is 1.87. The first-order valence-electron chi connectivity index (χ1n) is 4.81. The van der Waals surface area contributed by atoms with Crippen LogP contribution in [0.1, 0.15) is 32.6 Å². The van der Waals surface area contributed by atoms with Gasteiger partial charge in [0, 0.05) is 0 Å². The summed E-state index contributed by atoms with van der Waals surface area (Å²) in [7, 11) is 0. The van der Waals surface area contributed by atoms with Crippen molar-refractivity contribution in [2.75, 3.05) is 0 Å². The second-order valence-electron chi connectivity index (χ2n) is 3.89. The second kappa shape index (κ2) is 3.93. The molecular weight excluding hydrogens is 193 g/mol. The summed E-state index contributed by atoms with van der Waals surface area (Å²) >= 11 is 0. The maximum Gasteiger partial charge on any atom is 0.417 e. The molecule has 0 aliphatic heterocycles. The zero-order valence-corrected chi connectivity index (χ0v) is 8.14. The van der Waals surface area contributed by atoms with Gasteiger partial charge < -0.3 is 5.11 Å². The zero-order valence-electron chi connectivity index (χ0n) is 8.14. The van der Waals surface area contributed by atoms with E-state index in [9.17, 15) is 18.3 Å². The van der Waals surface area contributed by atoms with E-state index in [1.165, 1.54) is 0 Å². The molecule has 14 heavy (non-hydrogen) atoms. The quantitative estimate of drug-likeness (QED) is 0.656. The van der Waals surface area contributed by atoms with Crippen molar-refractivity contribution in [2.24, 2.45) is 5.92 Å². The van der Waals surface area contributed by atoms with Crippen molar-refractivity contribution in [3.05, 3.63) is 12.2 Å². The molecule has 1 aliphatic rings. The summed E-state index contributed by atoms with van der Waals surface area (Å²) in [6, 6.07) is 0. The van der Waals surface area contributed by atoms with Gasteiger partial charge in [0.1, 0.15) is 0 Å². The Morgan fingerprint density at radius 3 is 2.14 bits per heavy atom. The molecule has 1 aliphatic carbocycles. The maximum atomic E-state index is 12.4. The summed E-state index contributed by atoms with van der Waals surface area (Å²) in [5, 5.41) is 9.34. The predicted octanol–water partition coefficient (Wildman–Crippen LogP) is 3.05. The van der Waals surface area contributed by atoms with Crippen LogP contribution in [0.3, 0.4) is 0 Å². The van der Waals surface area contributed by atoms with Crippen LogP contribution in [0.25, 0.3) is 0 Å². The van der Waals surface area contributed by atoms with Crippen LogP contribution < -0.4 is 0 Å². The Kier molecular flexibility index (Phi) is 3.24. The summed E-state index contributed by atoms with van der Waals surface area (Å²) in [5.74, 6) is 0.197. The summed E-state index contributed by atoms with van der Waals surface area (Å²) in [4.78, 5) is 0. The van der Waals surface area contributed by atoms with Crippen LogP contribution >= 0.6 is 0 Å². The lowest BCUT2D eigenvalue weighted by Crippen LogP contribution is -2.47. The Hall–Kier alpha value is -0.510. The van der Waals surface area contributed by atoms with Crippen LogP contribution in [-0.2, 0) is 0 Å². The minimum absolute atomic E-state index is 0.175. The average Bonchev–Trinajstić information content (AvgIpc) is 2.08. The number of rotatable bonds is 1. The van der Waals surface area contributed by atoms with Crippen LogP contribution in [-0.4, -0.2) is 16.9 Å². The van der Waals surface area contributed by atoms with Gasteiger partial charge in [0.15, 0.2) is 5.60 Å². The topological polar surface area (TPSA) is 20.2 Å². The molecule has 0 heterocycles. The third-order valence-corrected chi connectivity index (χ3v) is 2.85. The predicted molar refractivity (Wildman–Crippen MR) is 47.8 cm³/mol. The van der Waals surface area contributed by atoms with Crippen molar-refractivity contribution in [2.45, 2.75) is 44.4 Å². The average molecular weight is 208 g/mol. The lowest BCUT2D eigenvalue weighted by Gasteiger charge is -2.36. The van der Waals surface area contributed by atoms with E-state index in [2.05, 4.69) is 0 Å². The van der Waals surface area contributed by atoms with E-state index in [0.717, 1.165) is 0 Å². The molecular formula is C10H15F3O. The Labute approximate surface area is 81.6 Å². The van der Waals surface area contributed by atoms with Gasteiger partial charge in [0.25, 0.3) is 0 Å². The normalized spacial score (nSPS) is 35.1. The standard InChI is InChI=1S/C10H15F3O/c1-2-3-8-4-6-9(14,7-5-8)10(11,12)13/h2-3,8,14H,4-7H2,1H3/b3-2+. The molecule has 0 amide bonds. The largest absolute Gasteiger partial charge is 0.417 e. The Balaban J connectivity index is 2.58. The highest BCUT2D eigenvalue weighted by Crippen LogP contribution is 2.43. The smallest absolute Gasteiger partial charge is 0.380 e. The molecule has 1 nitrogen and oxygen atoms in total. The molecule has 0 spiro atoms. The fourth-order valence-electron chi connectivity index (χ4n) is 1.87. The summed E-state index contributed by atoms with van der Waals surface area (Å²) in [5.41, 5.74) is -2.44. The van der Waals surface area contributed by atoms with Gasteiger partial charge in [-0.1, -0.05) is 12.2 Å². The number of allylic oxidation sites excluding steroid dienone is 2. The van der Waals surface area contributed by atoms with Gasteiger partial charge in [-0.15, -0.1) is 0 Å². The molecule has 1 fully saturated rings. The third-order valence-electron chi connectivity index (χ3n) is 2.85. The van der Waals surface area contributed by atoms with Crippen molar-refractivity contribution in [3.63, 3.8) is 0 Å². The molecule has 4 heteroatoms. The van der Waals surface area contributed by atoms with Crippen molar-refractivity contribution in [1.82, 2.24) is 0 Å². The minimum Gasteiger partial charge on any atom is -0.380 e. The third kappa shape index (κ3) is 2.29. The van der Waals surface area contributed by atoms with Crippen LogP contribution in [0, 0.1) is 5.92 Å². The molecule has 1 rings (SSSR count). The van der Waals surface area contributed by atoms with E-state index in [4.69, 9.17) is 0 Å². The number of hydrogen-bond acceptors (Lipinski definition) is 1. The minimum atomic E-state index is -4.48. The second-order valence-corrected chi connectivity index (χ2v) is 3.89.